The van der Waals surface area contributed by atoms with Crippen molar-refractivity contribution in [1.82, 2.24) is 0 Å². The lowest BCUT2D eigenvalue weighted by molar-refractivity contribution is -0.221. The monoisotopic (exact) mass is 302 g/mol. The topological polar surface area (TPSA) is 93.1 Å². The average Bonchev–Trinajstić information content (AvgIpc) is 2.35. The van der Waals surface area contributed by atoms with E-state index >= 15 is 0 Å². The van der Waals surface area contributed by atoms with Gasteiger partial charge >= 0.3 is 0 Å². The van der Waals surface area contributed by atoms with Gasteiger partial charge in [0.25, 0.3) is 10.1 Å². The first-order valence-electron chi connectivity index (χ1n) is 6.31. The number of aliphatic hydroxyl groups is 2. The summed E-state index contributed by atoms with van der Waals surface area (Å²) in [6.07, 6.45) is -4.08. The summed E-state index contributed by atoms with van der Waals surface area (Å²) in [5, 5.41) is 19.3. The maximum absolute atomic E-state index is 12.1. The van der Waals surface area contributed by atoms with Crippen molar-refractivity contribution < 1.29 is 27.6 Å². The molecule has 1 aromatic rings. The van der Waals surface area contributed by atoms with Crippen LogP contribution in [-0.4, -0.2) is 43.2 Å². The van der Waals surface area contributed by atoms with Crippen molar-refractivity contribution in [2.24, 2.45) is 0 Å². The van der Waals surface area contributed by atoms with Gasteiger partial charge in [0.05, 0.1) is 11.0 Å². The molecule has 0 amide bonds. The highest BCUT2D eigenvalue weighted by Gasteiger charge is 2.38. The van der Waals surface area contributed by atoms with Crippen molar-refractivity contribution in [3.8, 4) is 0 Å². The Bertz CT molecular complexity index is 553. The second-order valence-electron chi connectivity index (χ2n) is 4.92. The van der Waals surface area contributed by atoms with E-state index in [4.69, 9.17) is 8.92 Å². The van der Waals surface area contributed by atoms with Crippen molar-refractivity contribution in [3.63, 3.8) is 0 Å². The first-order chi connectivity index (χ1) is 9.29. The summed E-state index contributed by atoms with van der Waals surface area (Å²) in [6.45, 7) is 3.39. The fraction of sp³-hybridized carbons (Fsp3) is 0.538. The molecule has 4 atom stereocenters. The van der Waals surface area contributed by atoms with Crippen LogP contribution in [0.5, 0.6) is 0 Å². The lowest BCUT2D eigenvalue weighted by atomic mass is 10.0. The molecule has 0 saturated carbocycles. The number of aliphatic hydroxyl groups excluding tert-OH is 2. The van der Waals surface area contributed by atoms with Gasteiger partial charge in [-0.2, -0.15) is 8.42 Å². The lowest BCUT2D eigenvalue weighted by Gasteiger charge is -2.34. The lowest BCUT2D eigenvalue weighted by Crippen LogP contribution is -2.48. The van der Waals surface area contributed by atoms with E-state index in [0.29, 0.717) is 0 Å². The zero-order chi connectivity index (χ0) is 14.9. The molecule has 20 heavy (non-hydrogen) atoms. The second-order valence-corrected chi connectivity index (χ2v) is 6.50. The molecule has 0 aliphatic carbocycles. The standard InChI is InChI=1S/C13H18O6S/c1-8-3-5-10(6-4-8)20(16,17)19-11-7-12(14)18-9(2)13(11)15/h3-6,9,11-15H,7H2,1-2H3/t9-,11+,12-,13+/m1/s1. The van der Waals surface area contributed by atoms with Gasteiger partial charge in [0.1, 0.15) is 12.2 Å². The summed E-state index contributed by atoms with van der Waals surface area (Å²) in [5.74, 6) is 0. The molecule has 2 N–H and O–H groups in total. The quantitative estimate of drug-likeness (QED) is 0.792. The van der Waals surface area contributed by atoms with E-state index in [1.807, 2.05) is 6.92 Å². The van der Waals surface area contributed by atoms with Crippen LogP contribution in [0.4, 0.5) is 0 Å². The summed E-state index contributed by atoms with van der Waals surface area (Å²) in [6, 6.07) is 6.20. The molecule has 1 saturated heterocycles. The highest BCUT2D eigenvalue weighted by molar-refractivity contribution is 7.86. The SMILES string of the molecule is Cc1ccc(S(=O)(=O)O[C@H]2C[C@H](O)O[C@H](C)[C@@H]2O)cc1. The van der Waals surface area contributed by atoms with E-state index in [-0.39, 0.29) is 11.3 Å². The van der Waals surface area contributed by atoms with Crippen LogP contribution in [0.25, 0.3) is 0 Å². The zero-order valence-corrected chi connectivity index (χ0v) is 12.1. The molecule has 7 heteroatoms. The Hall–Kier alpha value is -0.990. The van der Waals surface area contributed by atoms with Crippen molar-refractivity contribution in [2.75, 3.05) is 0 Å². The van der Waals surface area contributed by atoms with E-state index in [1.165, 1.54) is 12.1 Å². The Balaban J connectivity index is 2.17. The predicted molar refractivity (Wildman–Crippen MR) is 70.4 cm³/mol. The van der Waals surface area contributed by atoms with Crippen molar-refractivity contribution in [1.29, 1.82) is 0 Å². The van der Waals surface area contributed by atoms with Crippen LogP contribution in [0.2, 0.25) is 0 Å². The highest BCUT2D eigenvalue weighted by Crippen LogP contribution is 2.25. The second kappa shape index (κ2) is 5.79. The number of benzene rings is 1. The van der Waals surface area contributed by atoms with Crippen LogP contribution in [0, 0.1) is 6.92 Å². The molecule has 0 bridgehead atoms. The fourth-order valence-corrected chi connectivity index (χ4v) is 3.14. The third-order valence-electron chi connectivity index (χ3n) is 3.23. The molecule has 0 spiro atoms. The highest BCUT2D eigenvalue weighted by atomic mass is 32.2. The third kappa shape index (κ3) is 3.36. The Labute approximate surface area is 118 Å². The average molecular weight is 302 g/mol. The van der Waals surface area contributed by atoms with Gasteiger partial charge in [-0.3, -0.25) is 4.18 Å². The Kier molecular flexibility index (Phi) is 4.46. The van der Waals surface area contributed by atoms with Gasteiger partial charge in [-0.25, -0.2) is 0 Å². The van der Waals surface area contributed by atoms with Crippen molar-refractivity contribution in [2.45, 2.75) is 49.8 Å². The normalized spacial score (nSPS) is 31.2. The maximum Gasteiger partial charge on any atom is 0.297 e. The predicted octanol–water partition coefficient (Wildman–Crippen LogP) is 0.557. The summed E-state index contributed by atoms with van der Waals surface area (Å²) >= 11 is 0. The van der Waals surface area contributed by atoms with E-state index in [0.717, 1.165) is 5.56 Å². The van der Waals surface area contributed by atoms with Crippen LogP contribution >= 0.6 is 0 Å². The Morgan fingerprint density at radius 3 is 2.45 bits per heavy atom. The van der Waals surface area contributed by atoms with Gasteiger partial charge in [-0.1, -0.05) is 17.7 Å². The Morgan fingerprint density at radius 1 is 1.25 bits per heavy atom. The van der Waals surface area contributed by atoms with Gasteiger partial charge in [0, 0.05) is 6.42 Å². The van der Waals surface area contributed by atoms with E-state index in [2.05, 4.69) is 0 Å². The van der Waals surface area contributed by atoms with Gasteiger partial charge in [0.2, 0.25) is 0 Å². The van der Waals surface area contributed by atoms with Crippen LogP contribution in [0.1, 0.15) is 18.9 Å². The molecule has 1 aliphatic heterocycles. The molecule has 1 aromatic carbocycles. The first kappa shape index (κ1) is 15.4. The number of rotatable bonds is 3. The minimum Gasteiger partial charge on any atom is -0.388 e. The number of hydrogen-bond donors (Lipinski definition) is 2. The molecule has 6 nitrogen and oxygen atoms in total. The molecule has 0 radical (unpaired) electrons. The van der Waals surface area contributed by atoms with E-state index in [1.54, 1.807) is 19.1 Å². The van der Waals surface area contributed by atoms with E-state index in [9.17, 15) is 18.6 Å². The van der Waals surface area contributed by atoms with Crippen molar-refractivity contribution in [3.05, 3.63) is 29.8 Å². The number of ether oxygens (including phenoxy) is 1. The molecule has 1 fully saturated rings. The minimum atomic E-state index is -3.98. The van der Waals surface area contributed by atoms with Gasteiger partial charge < -0.3 is 14.9 Å². The molecule has 0 aromatic heterocycles. The molecule has 112 valence electrons. The summed E-state index contributed by atoms with van der Waals surface area (Å²) < 4.78 is 34.3. The Morgan fingerprint density at radius 2 is 1.85 bits per heavy atom. The van der Waals surface area contributed by atoms with Crippen molar-refractivity contribution >= 4 is 10.1 Å². The smallest absolute Gasteiger partial charge is 0.297 e. The fourth-order valence-electron chi connectivity index (χ4n) is 2.04. The minimum absolute atomic E-state index is 0.0175. The molecule has 2 rings (SSSR count). The van der Waals surface area contributed by atoms with Crippen LogP contribution in [-0.2, 0) is 19.0 Å². The molecule has 1 aliphatic rings. The molecular weight excluding hydrogens is 284 g/mol. The van der Waals surface area contributed by atoms with Crippen LogP contribution < -0.4 is 0 Å². The van der Waals surface area contributed by atoms with Gasteiger partial charge in [-0.05, 0) is 26.0 Å². The van der Waals surface area contributed by atoms with Gasteiger partial charge in [0.15, 0.2) is 6.29 Å². The molecule has 0 unspecified atom stereocenters. The third-order valence-corrected chi connectivity index (χ3v) is 4.58. The van der Waals surface area contributed by atoms with Crippen LogP contribution in [0.3, 0.4) is 0 Å². The zero-order valence-electron chi connectivity index (χ0n) is 11.3. The largest absolute Gasteiger partial charge is 0.388 e. The number of hydrogen-bond acceptors (Lipinski definition) is 6. The maximum atomic E-state index is 12.1. The van der Waals surface area contributed by atoms with Crippen LogP contribution in [0.15, 0.2) is 29.2 Å². The molecular formula is C13H18O6S. The summed E-state index contributed by atoms with van der Waals surface area (Å²) in [7, 11) is -3.98. The molecule has 1 heterocycles. The first-order valence-corrected chi connectivity index (χ1v) is 7.72. The van der Waals surface area contributed by atoms with E-state index < -0.39 is 34.7 Å². The summed E-state index contributed by atoms with van der Waals surface area (Å²) in [4.78, 5) is 0.0175. The van der Waals surface area contributed by atoms with Gasteiger partial charge in [-0.15, -0.1) is 0 Å². The summed E-state index contributed by atoms with van der Waals surface area (Å²) in [5.41, 5.74) is 0.930. The number of aryl methyl sites for hydroxylation is 1.